The van der Waals surface area contributed by atoms with Crippen molar-refractivity contribution >= 4 is 42.4 Å². The van der Waals surface area contributed by atoms with Gasteiger partial charge in [0.1, 0.15) is 10.7 Å². The molecule has 0 amide bonds. The van der Waals surface area contributed by atoms with Crippen molar-refractivity contribution in [3.8, 4) is 0 Å². The van der Waals surface area contributed by atoms with Crippen LogP contribution in [-0.2, 0) is 15.6 Å². The van der Waals surface area contributed by atoms with Crippen molar-refractivity contribution in [2.75, 3.05) is 12.0 Å². The first-order valence-electron chi connectivity index (χ1n) is 5.15. The summed E-state index contributed by atoms with van der Waals surface area (Å²) >= 11 is 1.65. The van der Waals surface area contributed by atoms with Gasteiger partial charge < -0.3 is 4.57 Å². The predicted octanol–water partition coefficient (Wildman–Crippen LogP) is 3.07. The fraction of sp³-hybridized carbons (Fsp3) is 0.273. The molecule has 0 unspecified atom stereocenters. The molecule has 98 valence electrons. The first-order chi connectivity index (χ1) is 8.43. The van der Waals surface area contributed by atoms with Crippen molar-refractivity contribution in [3.63, 3.8) is 0 Å². The second kappa shape index (κ2) is 5.11. The highest BCUT2D eigenvalue weighted by Crippen LogP contribution is 2.28. The molecule has 3 nitrogen and oxygen atoms in total. The Kier molecular flexibility index (Phi) is 3.89. The van der Waals surface area contributed by atoms with Crippen LogP contribution in [0.5, 0.6) is 0 Å². The molecule has 18 heavy (non-hydrogen) atoms. The van der Waals surface area contributed by atoms with Gasteiger partial charge in [0.05, 0.1) is 0 Å². The van der Waals surface area contributed by atoms with Gasteiger partial charge in [-0.15, -0.1) is 0 Å². The van der Waals surface area contributed by atoms with E-state index in [1.54, 1.807) is 22.4 Å². The summed E-state index contributed by atoms with van der Waals surface area (Å²) in [6.07, 6.45) is 3.42. The molecule has 0 aliphatic carbocycles. The molecular formula is C11H11ClFNO2S2. The van der Waals surface area contributed by atoms with Crippen molar-refractivity contribution in [1.29, 1.82) is 0 Å². The van der Waals surface area contributed by atoms with Crippen LogP contribution >= 0.6 is 22.4 Å². The van der Waals surface area contributed by atoms with Gasteiger partial charge in [-0.25, -0.2) is 12.8 Å². The molecule has 0 bridgehead atoms. The van der Waals surface area contributed by atoms with Crippen LogP contribution in [0.1, 0.15) is 0 Å². The summed E-state index contributed by atoms with van der Waals surface area (Å²) < 4.78 is 37.9. The molecule has 0 aliphatic rings. The number of fused-ring (bicyclic) bond motifs is 1. The van der Waals surface area contributed by atoms with E-state index in [1.807, 2.05) is 6.26 Å². The van der Waals surface area contributed by atoms with E-state index in [1.165, 1.54) is 18.3 Å². The molecule has 0 radical (unpaired) electrons. The van der Waals surface area contributed by atoms with Gasteiger partial charge in [0.15, 0.2) is 0 Å². The highest BCUT2D eigenvalue weighted by atomic mass is 35.7. The Morgan fingerprint density at radius 1 is 1.44 bits per heavy atom. The molecule has 0 atom stereocenters. The molecule has 0 fully saturated rings. The molecule has 1 aromatic heterocycles. The maximum absolute atomic E-state index is 13.2. The second-order valence-corrected chi connectivity index (χ2v) is 7.30. The van der Waals surface area contributed by atoms with Crippen LogP contribution in [0.2, 0.25) is 0 Å². The Morgan fingerprint density at radius 2 is 2.17 bits per heavy atom. The standard InChI is InChI=1S/C11H11ClFNO2S2/c1-17-5-4-14-7-11(18(12,15)16)9-6-8(13)2-3-10(9)14/h2-3,6-7H,4-5H2,1H3. The summed E-state index contributed by atoms with van der Waals surface area (Å²) in [6, 6.07) is 4.07. The van der Waals surface area contributed by atoms with Crippen LogP contribution in [0, 0.1) is 5.82 Å². The lowest BCUT2D eigenvalue weighted by Gasteiger charge is -2.02. The Labute approximate surface area is 113 Å². The molecule has 0 N–H and O–H groups in total. The van der Waals surface area contributed by atoms with E-state index in [9.17, 15) is 12.8 Å². The van der Waals surface area contributed by atoms with Crippen molar-refractivity contribution in [2.24, 2.45) is 0 Å². The molecule has 0 saturated carbocycles. The maximum atomic E-state index is 13.2. The predicted molar refractivity (Wildman–Crippen MR) is 73.3 cm³/mol. The topological polar surface area (TPSA) is 39.1 Å². The summed E-state index contributed by atoms with van der Waals surface area (Å²) in [5.41, 5.74) is 0.671. The summed E-state index contributed by atoms with van der Waals surface area (Å²) in [5, 5.41) is 0.325. The molecule has 7 heteroatoms. The van der Waals surface area contributed by atoms with Crippen LogP contribution in [0.4, 0.5) is 4.39 Å². The lowest BCUT2D eigenvalue weighted by atomic mass is 10.2. The van der Waals surface area contributed by atoms with Crippen molar-refractivity contribution < 1.29 is 12.8 Å². The van der Waals surface area contributed by atoms with Gasteiger partial charge in [-0.05, 0) is 24.5 Å². The fourth-order valence-corrected chi connectivity index (χ4v) is 3.23. The summed E-state index contributed by atoms with van der Waals surface area (Å²) in [7, 11) is 1.50. The fourth-order valence-electron chi connectivity index (χ4n) is 1.81. The number of aromatic nitrogens is 1. The third-order valence-corrected chi connectivity index (χ3v) is 4.55. The van der Waals surface area contributed by atoms with E-state index in [2.05, 4.69) is 0 Å². The number of hydrogen-bond acceptors (Lipinski definition) is 3. The monoisotopic (exact) mass is 307 g/mol. The second-order valence-electron chi connectivity index (χ2n) is 3.78. The third kappa shape index (κ3) is 2.65. The first-order valence-corrected chi connectivity index (χ1v) is 8.86. The zero-order valence-electron chi connectivity index (χ0n) is 9.56. The summed E-state index contributed by atoms with van der Waals surface area (Å²) in [5.74, 6) is 0.356. The molecule has 0 spiro atoms. The first kappa shape index (κ1) is 13.7. The van der Waals surface area contributed by atoms with Crippen molar-refractivity contribution in [1.82, 2.24) is 4.57 Å². The number of halogens is 2. The molecular weight excluding hydrogens is 297 g/mol. The number of thioether (sulfide) groups is 1. The number of rotatable bonds is 4. The molecule has 1 aromatic carbocycles. The van der Waals surface area contributed by atoms with Gasteiger partial charge in [-0.1, -0.05) is 0 Å². The SMILES string of the molecule is CSCCn1cc(S(=O)(=O)Cl)c2cc(F)ccc21. The third-order valence-electron chi connectivity index (χ3n) is 2.61. The van der Waals surface area contributed by atoms with E-state index in [4.69, 9.17) is 10.7 Å². The quantitative estimate of drug-likeness (QED) is 0.815. The largest absolute Gasteiger partial charge is 0.345 e. The van der Waals surface area contributed by atoms with Crippen LogP contribution in [0.3, 0.4) is 0 Å². The molecule has 0 aliphatic heterocycles. The normalized spacial score (nSPS) is 12.2. The smallest absolute Gasteiger partial charge is 0.263 e. The van der Waals surface area contributed by atoms with E-state index in [0.29, 0.717) is 17.4 Å². The Bertz CT molecular complexity index is 682. The van der Waals surface area contributed by atoms with Gasteiger partial charge in [0.25, 0.3) is 9.05 Å². The van der Waals surface area contributed by atoms with Gasteiger partial charge in [-0.3, -0.25) is 0 Å². The molecule has 1 heterocycles. The van der Waals surface area contributed by atoms with Crippen LogP contribution in [0.25, 0.3) is 10.9 Å². The number of aryl methyl sites for hydroxylation is 1. The van der Waals surface area contributed by atoms with Gasteiger partial charge in [0.2, 0.25) is 0 Å². The molecule has 2 rings (SSSR count). The van der Waals surface area contributed by atoms with E-state index in [-0.39, 0.29) is 4.90 Å². The highest BCUT2D eigenvalue weighted by Gasteiger charge is 2.19. The average molecular weight is 308 g/mol. The average Bonchev–Trinajstić information content (AvgIpc) is 2.64. The minimum atomic E-state index is -3.87. The number of hydrogen-bond donors (Lipinski definition) is 0. The van der Waals surface area contributed by atoms with Crippen molar-refractivity contribution in [2.45, 2.75) is 11.4 Å². The van der Waals surface area contributed by atoms with Crippen LogP contribution in [0.15, 0.2) is 29.3 Å². The maximum Gasteiger partial charge on any atom is 0.263 e. The Morgan fingerprint density at radius 3 is 2.78 bits per heavy atom. The van der Waals surface area contributed by atoms with Crippen LogP contribution in [-0.4, -0.2) is 25.0 Å². The van der Waals surface area contributed by atoms with Gasteiger partial charge in [-0.2, -0.15) is 11.8 Å². The Balaban J connectivity index is 2.67. The zero-order chi connectivity index (χ0) is 13.3. The highest BCUT2D eigenvalue weighted by molar-refractivity contribution is 8.14. The van der Waals surface area contributed by atoms with E-state index < -0.39 is 14.9 Å². The van der Waals surface area contributed by atoms with E-state index in [0.717, 1.165) is 5.75 Å². The lowest BCUT2D eigenvalue weighted by Crippen LogP contribution is -1.98. The van der Waals surface area contributed by atoms with Gasteiger partial charge in [0, 0.05) is 40.1 Å². The minimum absolute atomic E-state index is 0.0419. The number of nitrogens with zero attached hydrogens (tertiary/aromatic N) is 1. The molecule has 0 saturated heterocycles. The van der Waals surface area contributed by atoms with Crippen LogP contribution < -0.4 is 0 Å². The molecule has 2 aromatic rings. The zero-order valence-corrected chi connectivity index (χ0v) is 11.9. The van der Waals surface area contributed by atoms with E-state index >= 15 is 0 Å². The Hall–Kier alpha value is -0.720. The summed E-state index contributed by atoms with van der Waals surface area (Å²) in [6.45, 7) is 0.649. The minimum Gasteiger partial charge on any atom is -0.345 e. The summed E-state index contributed by atoms with van der Waals surface area (Å²) in [4.78, 5) is -0.0419. The van der Waals surface area contributed by atoms with Gasteiger partial charge >= 0.3 is 0 Å². The lowest BCUT2D eigenvalue weighted by molar-refractivity contribution is 0.609. The number of benzene rings is 1. The van der Waals surface area contributed by atoms with Crippen molar-refractivity contribution in [3.05, 3.63) is 30.2 Å².